The van der Waals surface area contributed by atoms with E-state index in [0.717, 1.165) is 13.1 Å². The molecule has 0 aromatic carbocycles. The second kappa shape index (κ2) is 4.35. The van der Waals surface area contributed by atoms with Crippen LogP contribution >= 0.6 is 0 Å². The largest absolute Gasteiger partial charge is 0.308 e. The molecule has 1 heterocycles. The molecule has 3 nitrogen and oxygen atoms in total. The summed E-state index contributed by atoms with van der Waals surface area (Å²) in [4.78, 5) is 2.18. The lowest BCUT2D eigenvalue weighted by molar-refractivity contribution is 0.368. The van der Waals surface area contributed by atoms with E-state index >= 15 is 0 Å². The summed E-state index contributed by atoms with van der Waals surface area (Å²) in [6.45, 7) is 10.7. The Morgan fingerprint density at radius 2 is 1.93 bits per heavy atom. The lowest BCUT2D eigenvalue weighted by atomic mass is 9.92. The van der Waals surface area contributed by atoms with E-state index in [1.54, 1.807) is 0 Å². The molecular formula is C12H23N3. The third-order valence-electron chi connectivity index (χ3n) is 2.51. The minimum absolute atomic E-state index is 0.147. The summed E-state index contributed by atoms with van der Waals surface area (Å²) in [5, 5.41) is 4.64. The van der Waals surface area contributed by atoms with E-state index in [1.807, 2.05) is 0 Å². The summed E-state index contributed by atoms with van der Waals surface area (Å²) in [5.74, 6) is 0. The van der Waals surface area contributed by atoms with Gasteiger partial charge in [0.1, 0.15) is 0 Å². The lowest BCUT2D eigenvalue weighted by Gasteiger charge is -2.14. The summed E-state index contributed by atoms with van der Waals surface area (Å²) in [6, 6.07) is 2.19. The van der Waals surface area contributed by atoms with Crippen molar-refractivity contribution in [1.29, 1.82) is 0 Å². The molecule has 86 valence electrons. The Bertz CT molecular complexity index is 318. The van der Waals surface area contributed by atoms with Gasteiger partial charge in [-0.1, -0.05) is 20.8 Å². The molecule has 0 atom stereocenters. The summed E-state index contributed by atoms with van der Waals surface area (Å²) >= 11 is 0. The summed E-state index contributed by atoms with van der Waals surface area (Å²) < 4.78 is 2.10. The van der Waals surface area contributed by atoms with Gasteiger partial charge in [0.2, 0.25) is 0 Å². The highest BCUT2D eigenvalue weighted by molar-refractivity contribution is 5.16. The molecule has 0 spiro atoms. The highest BCUT2D eigenvalue weighted by Gasteiger charge is 2.18. The summed E-state index contributed by atoms with van der Waals surface area (Å²) in [6.07, 6.45) is 0. The highest BCUT2D eigenvalue weighted by Crippen LogP contribution is 2.21. The van der Waals surface area contributed by atoms with Crippen LogP contribution in [0.4, 0.5) is 0 Å². The van der Waals surface area contributed by atoms with Gasteiger partial charge in [0.05, 0.1) is 12.2 Å². The number of aromatic nitrogens is 2. The van der Waals surface area contributed by atoms with Crippen molar-refractivity contribution in [3.05, 3.63) is 17.5 Å². The van der Waals surface area contributed by atoms with E-state index in [4.69, 9.17) is 0 Å². The van der Waals surface area contributed by atoms with E-state index in [2.05, 4.69) is 62.5 Å². The standard InChI is InChI=1S/C12H23N3/c1-10-9-11(12(2,3)4)13-15(10)8-7-14(5)6/h9H,7-8H2,1-6H3. The normalized spacial score (nSPS) is 12.5. The molecule has 1 aromatic heterocycles. The number of aryl methyl sites for hydroxylation is 1. The van der Waals surface area contributed by atoms with Crippen LogP contribution in [0.2, 0.25) is 0 Å². The van der Waals surface area contributed by atoms with Gasteiger partial charge in [-0.25, -0.2) is 0 Å². The molecule has 0 saturated carbocycles. The van der Waals surface area contributed by atoms with Crippen LogP contribution in [0.15, 0.2) is 6.07 Å². The zero-order valence-corrected chi connectivity index (χ0v) is 10.8. The van der Waals surface area contributed by atoms with Crippen molar-refractivity contribution in [1.82, 2.24) is 14.7 Å². The van der Waals surface area contributed by atoms with Crippen LogP contribution in [0.25, 0.3) is 0 Å². The zero-order chi connectivity index (χ0) is 11.6. The molecule has 0 aliphatic heterocycles. The first-order chi connectivity index (χ1) is 6.80. The first-order valence-corrected chi connectivity index (χ1v) is 5.50. The predicted octanol–water partition coefficient (Wildman–Crippen LogP) is 2.05. The third-order valence-corrected chi connectivity index (χ3v) is 2.51. The van der Waals surface area contributed by atoms with E-state index in [1.165, 1.54) is 11.4 Å². The van der Waals surface area contributed by atoms with Gasteiger partial charge in [0.15, 0.2) is 0 Å². The maximum Gasteiger partial charge on any atom is 0.0680 e. The van der Waals surface area contributed by atoms with Gasteiger partial charge in [-0.2, -0.15) is 5.10 Å². The van der Waals surface area contributed by atoms with Crippen molar-refractivity contribution in [2.45, 2.75) is 39.7 Å². The Morgan fingerprint density at radius 3 is 2.33 bits per heavy atom. The Balaban J connectivity index is 2.78. The maximum absolute atomic E-state index is 4.64. The molecule has 0 amide bonds. The van der Waals surface area contributed by atoms with Crippen LogP contribution in [0.5, 0.6) is 0 Å². The molecule has 3 heteroatoms. The second-order valence-corrected chi connectivity index (χ2v) is 5.45. The summed E-state index contributed by atoms with van der Waals surface area (Å²) in [5.41, 5.74) is 2.58. The van der Waals surface area contributed by atoms with Crippen LogP contribution in [0.3, 0.4) is 0 Å². The minimum Gasteiger partial charge on any atom is -0.308 e. The molecule has 0 saturated heterocycles. The molecular weight excluding hydrogens is 186 g/mol. The molecule has 0 bridgehead atoms. The lowest BCUT2D eigenvalue weighted by Crippen LogP contribution is -2.20. The molecule has 0 fully saturated rings. The molecule has 0 N–H and O–H groups in total. The van der Waals surface area contributed by atoms with Gasteiger partial charge in [0, 0.05) is 17.7 Å². The number of nitrogens with zero attached hydrogens (tertiary/aromatic N) is 3. The summed E-state index contributed by atoms with van der Waals surface area (Å²) in [7, 11) is 4.17. The monoisotopic (exact) mass is 209 g/mol. The zero-order valence-electron chi connectivity index (χ0n) is 10.8. The van der Waals surface area contributed by atoms with E-state index in [0.29, 0.717) is 0 Å². The molecule has 0 aliphatic carbocycles. The fraction of sp³-hybridized carbons (Fsp3) is 0.750. The number of likely N-dealkylation sites (N-methyl/N-ethyl adjacent to an activating group) is 1. The predicted molar refractivity (Wildman–Crippen MR) is 64.2 cm³/mol. The van der Waals surface area contributed by atoms with Crippen LogP contribution < -0.4 is 0 Å². The van der Waals surface area contributed by atoms with Crippen LogP contribution in [0.1, 0.15) is 32.2 Å². The Kier molecular flexibility index (Phi) is 3.55. The van der Waals surface area contributed by atoms with Crippen molar-refractivity contribution < 1.29 is 0 Å². The molecule has 15 heavy (non-hydrogen) atoms. The van der Waals surface area contributed by atoms with Crippen molar-refractivity contribution >= 4 is 0 Å². The van der Waals surface area contributed by atoms with E-state index < -0.39 is 0 Å². The van der Waals surface area contributed by atoms with E-state index in [-0.39, 0.29) is 5.41 Å². The molecule has 0 radical (unpaired) electrons. The molecule has 1 aromatic rings. The van der Waals surface area contributed by atoms with Gasteiger partial charge >= 0.3 is 0 Å². The number of hydrogen-bond donors (Lipinski definition) is 0. The first-order valence-electron chi connectivity index (χ1n) is 5.50. The van der Waals surface area contributed by atoms with Crippen LogP contribution in [0, 0.1) is 6.92 Å². The minimum atomic E-state index is 0.147. The third kappa shape index (κ3) is 3.34. The van der Waals surface area contributed by atoms with Crippen molar-refractivity contribution in [3.8, 4) is 0 Å². The van der Waals surface area contributed by atoms with E-state index in [9.17, 15) is 0 Å². The Labute approximate surface area is 93.1 Å². The topological polar surface area (TPSA) is 21.1 Å². The second-order valence-electron chi connectivity index (χ2n) is 5.45. The van der Waals surface area contributed by atoms with Crippen molar-refractivity contribution in [3.63, 3.8) is 0 Å². The number of hydrogen-bond acceptors (Lipinski definition) is 2. The van der Waals surface area contributed by atoms with Gasteiger partial charge in [-0.15, -0.1) is 0 Å². The molecule has 0 unspecified atom stereocenters. The Morgan fingerprint density at radius 1 is 1.33 bits per heavy atom. The van der Waals surface area contributed by atoms with Gasteiger partial charge < -0.3 is 4.90 Å². The maximum atomic E-state index is 4.64. The fourth-order valence-electron chi connectivity index (χ4n) is 1.40. The quantitative estimate of drug-likeness (QED) is 0.759. The van der Waals surface area contributed by atoms with Crippen LogP contribution in [-0.2, 0) is 12.0 Å². The molecule has 1 rings (SSSR count). The molecule has 0 aliphatic rings. The smallest absolute Gasteiger partial charge is 0.0680 e. The SMILES string of the molecule is Cc1cc(C(C)(C)C)nn1CCN(C)C. The Hall–Kier alpha value is -0.830. The average Bonchev–Trinajstić information content (AvgIpc) is 2.42. The van der Waals surface area contributed by atoms with Crippen molar-refractivity contribution in [2.75, 3.05) is 20.6 Å². The number of rotatable bonds is 3. The van der Waals surface area contributed by atoms with Crippen molar-refractivity contribution in [2.24, 2.45) is 0 Å². The van der Waals surface area contributed by atoms with Gasteiger partial charge in [-0.3, -0.25) is 4.68 Å². The average molecular weight is 209 g/mol. The highest BCUT2D eigenvalue weighted by atomic mass is 15.3. The fourth-order valence-corrected chi connectivity index (χ4v) is 1.40. The van der Waals surface area contributed by atoms with Gasteiger partial charge in [0.25, 0.3) is 0 Å². The first kappa shape index (κ1) is 12.2. The van der Waals surface area contributed by atoms with Crippen LogP contribution in [-0.4, -0.2) is 35.3 Å². The van der Waals surface area contributed by atoms with Gasteiger partial charge in [-0.05, 0) is 27.1 Å².